The number of nitrogens with one attached hydrogen (secondary N) is 1. The van der Waals surface area contributed by atoms with Crippen LogP contribution in [0.25, 0.3) is 10.8 Å². The summed E-state index contributed by atoms with van der Waals surface area (Å²) >= 11 is 6.42. The highest BCUT2D eigenvalue weighted by atomic mass is 35.5. The van der Waals surface area contributed by atoms with Gasteiger partial charge in [0, 0.05) is 23.0 Å². The number of hydrogen-bond acceptors (Lipinski definition) is 3. The van der Waals surface area contributed by atoms with E-state index in [-0.39, 0.29) is 23.1 Å². The quantitative estimate of drug-likeness (QED) is 0.609. The van der Waals surface area contributed by atoms with Gasteiger partial charge in [0.1, 0.15) is 5.75 Å². The number of rotatable bonds is 5. The van der Waals surface area contributed by atoms with E-state index in [4.69, 9.17) is 22.1 Å². The van der Waals surface area contributed by atoms with Gasteiger partial charge in [-0.25, -0.2) is 0 Å². The number of ether oxygens (including phenoxy) is 1. The number of H-pyrrole nitrogens is 1. The first-order valence-electron chi connectivity index (χ1n) is 10.3. The topological polar surface area (TPSA) is 68.1 Å². The first-order chi connectivity index (χ1) is 14.0. The van der Waals surface area contributed by atoms with Gasteiger partial charge in [0.2, 0.25) is 0 Å². The van der Waals surface area contributed by atoms with Crippen molar-refractivity contribution < 1.29 is 4.74 Å². The van der Waals surface area contributed by atoms with Gasteiger partial charge in [-0.15, -0.1) is 0 Å². The summed E-state index contributed by atoms with van der Waals surface area (Å²) in [6, 6.07) is 16.2. The minimum absolute atomic E-state index is 0.00363. The van der Waals surface area contributed by atoms with Crippen LogP contribution in [-0.4, -0.2) is 17.1 Å². The molecule has 2 aromatic carbocycles. The average molecular weight is 411 g/mol. The molecule has 1 fully saturated rings. The predicted octanol–water partition coefficient (Wildman–Crippen LogP) is 5.18. The van der Waals surface area contributed by atoms with E-state index >= 15 is 0 Å². The van der Waals surface area contributed by atoms with Gasteiger partial charge in [-0.3, -0.25) is 4.79 Å². The summed E-state index contributed by atoms with van der Waals surface area (Å²) < 4.78 is 6.29. The minimum atomic E-state index is -0.144. The van der Waals surface area contributed by atoms with Crippen LogP contribution in [0, 0.1) is 0 Å². The fourth-order valence-electron chi connectivity index (χ4n) is 4.72. The molecule has 0 spiro atoms. The lowest BCUT2D eigenvalue weighted by atomic mass is 9.64. The fourth-order valence-corrected chi connectivity index (χ4v) is 4.93. The van der Waals surface area contributed by atoms with Crippen molar-refractivity contribution in [3.8, 4) is 5.75 Å². The summed E-state index contributed by atoms with van der Waals surface area (Å²) in [5.74, 6) is 0.641. The molecule has 1 heterocycles. The van der Waals surface area contributed by atoms with Crippen molar-refractivity contribution in [1.29, 1.82) is 0 Å². The molecule has 3 N–H and O–H groups in total. The maximum atomic E-state index is 12.0. The van der Waals surface area contributed by atoms with Crippen LogP contribution in [0.3, 0.4) is 0 Å². The lowest BCUT2D eigenvalue weighted by molar-refractivity contribution is 0.104. The summed E-state index contributed by atoms with van der Waals surface area (Å²) in [5.41, 5.74) is 7.80. The first-order valence-corrected chi connectivity index (χ1v) is 10.7. The molecule has 29 heavy (non-hydrogen) atoms. The Morgan fingerprint density at radius 3 is 2.62 bits per heavy atom. The van der Waals surface area contributed by atoms with Crippen LogP contribution < -0.4 is 16.0 Å². The van der Waals surface area contributed by atoms with E-state index < -0.39 is 0 Å². The predicted molar refractivity (Wildman–Crippen MR) is 119 cm³/mol. The third-order valence-electron chi connectivity index (χ3n) is 6.44. The summed E-state index contributed by atoms with van der Waals surface area (Å²) in [5, 5.41) is 1.88. The molecule has 3 aromatic rings. The Bertz CT molecular complexity index is 1040. The zero-order valence-corrected chi connectivity index (χ0v) is 17.4. The highest BCUT2D eigenvalue weighted by Gasteiger charge is 2.41. The Morgan fingerprint density at radius 1 is 1.21 bits per heavy atom. The number of benzene rings is 2. The zero-order valence-electron chi connectivity index (χ0n) is 16.7. The van der Waals surface area contributed by atoms with Crippen LogP contribution in [0.4, 0.5) is 0 Å². The van der Waals surface area contributed by atoms with Crippen LogP contribution in [-0.2, 0) is 5.41 Å². The van der Waals surface area contributed by atoms with Crippen LogP contribution in [0.2, 0.25) is 5.02 Å². The van der Waals surface area contributed by atoms with E-state index in [1.54, 1.807) is 12.3 Å². The molecule has 4 nitrogen and oxygen atoms in total. The summed E-state index contributed by atoms with van der Waals surface area (Å²) in [6.07, 6.45) is 6.50. The fraction of sp³-hybridized carbons (Fsp3) is 0.375. The van der Waals surface area contributed by atoms with Crippen LogP contribution >= 0.6 is 11.6 Å². The number of halogens is 1. The summed E-state index contributed by atoms with van der Waals surface area (Å²) in [4.78, 5) is 14.6. The van der Waals surface area contributed by atoms with Gasteiger partial charge in [-0.05, 0) is 61.3 Å². The monoisotopic (exact) mass is 410 g/mol. The molecule has 5 heteroatoms. The number of fused-ring (bicyclic) bond motifs is 1. The molecule has 1 aliphatic rings. The first kappa shape index (κ1) is 20.0. The third-order valence-corrected chi connectivity index (χ3v) is 6.74. The van der Waals surface area contributed by atoms with Crippen molar-refractivity contribution >= 4 is 22.4 Å². The second kappa shape index (κ2) is 8.21. The standard InChI is InChI=1S/C24H27ClN2O2/c1-2-22(26)24(17-6-4-3-5-7-17)11-8-18(9-12-24)29-21-14-16-10-13-27-23(28)19(16)15-20(21)25/h3-7,10,13-15,18,22H,2,8-9,11-12,26H2,1H3,(H,27,28). The SMILES string of the molecule is CCC(N)C1(c2ccccc2)CCC(Oc2cc3cc[nH]c(=O)c3cc2Cl)CC1. The molecular weight excluding hydrogens is 384 g/mol. The van der Waals surface area contributed by atoms with E-state index in [1.165, 1.54) is 5.56 Å². The normalized spacial score (nSPS) is 23.1. The van der Waals surface area contributed by atoms with Crippen LogP contribution in [0.5, 0.6) is 5.75 Å². The molecule has 0 aliphatic heterocycles. The third kappa shape index (κ3) is 3.79. The molecule has 1 aromatic heterocycles. The number of hydrogen-bond donors (Lipinski definition) is 2. The van der Waals surface area contributed by atoms with Crippen molar-refractivity contribution in [1.82, 2.24) is 4.98 Å². The molecule has 1 aliphatic carbocycles. The van der Waals surface area contributed by atoms with Gasteiger partial charge >= 0.3 is 0 Å². The summed E-state index contributed by atoms with van der Waals surface area (Å²) in [7, 11) is 0. The van der Waals surface area contributed by atoms with Gasteiger partial charge in [0.25, 0.3) is 5.56 Å². The molecular formula is C24H27ClN2O2. The second-order valence-electron chi connectivity index (χ2n) is 8.03. The Labute approximate surface area is 176 Å². The molecule has 1 atom stereocenters. The Morgan fingerprint density at radius 2 is 1.93 bits per heavy atom. The van der Waals surface area contributed by atoms with Gasteiger partial charge in [-0.1, -0.05) is 48.9 Å². The van der Waals surface area contributed by atoms with Gasteiger partial charge in [0.05, 0.1) is 11.1 Å². The van der Waals surface area contributed by atoms with Gasteiger partial charge in [-0.2, -0.15) is 0 Å². The molecule has 0 radical (unpaired) electrons. The number of aromatic amines is 1. The molecule has 0 amide bonds. The van der Waals surface area contributed by atoms with E-state index in [1.807, 2.05) is 12.1 Å². The average Bonchev–Trinajstić information content (AvgIpc) is 2.76. The number of pyridine rings is 1. The van der Waals surface area contributed by atoms with E-state index in [9.17, 15) is 4.79 Å². The molecule has 0 saturated heterocycles. The number of aromatic nitrogens is 1. The largest absolute Gasteiger partial charge is 0.489 e. The van der Waals surface area contributed by atoms with Crippen LogP contribution in [0.15, 0.2) is 59.5 Å². The van der Waals surface area contributed by atoms with Crippen molar-refractivity contribution in [2.24, 2.45) is 5.73 Å². The smallest absolute Gasteiger partial charge is 0.255 e. The van der Waals surface area contributed by atoms with Crippen molar-refractivity contribution in [2.45, 2.75) is 56.6 Å². The Balaban J connectivity index is 1.54. The highest BCUT2D eigenvalue weighted by Crippen LogP contribution is 2.44. The van der Waals surface area contributed by atoms with Crippen LogP contribution in [0.1, 0.15) is 44.6 Å². The molecule has 152 valence electrons. The van der Waals surface area contributed by atoms with Gasteiger partial charge in [0.15, 0.2) is 0 Å². The molecule has 1 unspecified atom stereocenters. The lowest BCUT2D eigenvalue weighted by Gasteiger charge is -2.44. The molecule has 1 saturated carbocycles. The maximum absolute atomic E-state index is 12.0. The lowest BCUT2D eigenvalue weighted by Crippen LogP contribution is -2.48. The van der Waals surface area contributed by atoms with E-state index in [0.29, 0.717) is 16.2 Å². The van der Waals surface area contributed by atoms with Crippen molar-refractivity contribution in [3.63, 3.8) is 0 Å². The highest BCUT2D eigenvalue weighted by molar-refractivity contribution is 6.32. The van der Waals surface area contributed by atoms with E-state index in [0.717, 1.165) is 37.5 Å². The molecule has 4 rings (SSSR count). The minimum Gasteiger partial charge on any atom is -0.489 e. The molecule has 0 bridgehead atoms. The summed E-state index contributed by atoms with van der Waals surface area (Å²) in [6.45, 7) is 2.16. The zero-order chi connectivity index (χ0) is 20.4. The van der Waals surface area contributed by atoms with Crippen molar-refractivity contribution in [2.75, 3.05) is 0 Å². The second-order valence-corrected chi connectivity index (χ2v) is 8.44. The number of nitrogens with two attached hydrogens (primary N) is 1. The maximum Gasteiger partial charge on any atom is 0.255 e. The van der Waals surface area contributed by atoms with E-state index in [2.05, 4.69) is 42.2 Å². The Kier molecular flexibility index (Phi) is 5.66. The van der Waals surface area contributed by atoms with Gasteiger partial charge < -0.3 is 15.5 Å². The van der Waals surface area contributed by atoms with Crippen molar-refractivity contribution in [3.05, 3.63) is 75.7 Å². The Hall–Kier alpha value is -2.30.